The largest absolute Gasteiger partial charge is 0.497 e. The van der Waals surface area contributed by atoms with Crippen LogP contribution in [-0.2, 0) is 13.9 Å². The summed E-state index contributed by atoms with van der Waals surface area (Å²) in [4.78, 5) is 34.6. The average Bonchev–Trinajstić information content (AvgIpc) is 2.36. The minimum atomic E-state index is -1.60. The lowest BCUT2D eigenvalue weighted by Gasteiger charge is -2.28. The highest BCUT2D eigenvalue weighted by Crippen LogP contribution is 2.34. The monoisotopic (exact) mass is 312 g/mol. The van der Waals surface area contributed by atoms with Crippen LogP contribution < -0.4 is 15.4 Å². The quantitative estimate of drug-likeness (QED) is 0.620. The number of imide groups is 2. The van der Waals surface area contributed by atoms with Gasteiger partial charge < -0.3 is 4.74 Å². The number of halogens is 1. The number of hydrogen-bond acceptors (Lipinski definition) is 4. The van der Waals surface area contributed by atoms with Gasteiger partial charge in [0.2, 0.25) is 4.32 Å². The Labute approximate surface area is 111 Å². The number of barbiturate groups is 1. The maximum absolute atomic E-state index is 11.8. The second-order valence-electron chi connectivity index (χ2n) is 3.62. The molecule has 0 bridgehead atoms. The molecule has 7 heteroatoms. The zero-order valence-electron chi connectivity index (χ0n) is 9.32. The Kier molecular flexibility index (Phi) is 3.08. The Morgan fingerprint density at radius 1 is 1.06 bits per heavy atom. The first-order valence-corrected chi connectivity index (χ1v) is 5.78. The van der Waals surface area contributed by atoms with Gasteiger partial charge in [-0.25, -0.2) is 4.79 Å². The van der Waals surface area contributed by atoms with Crippen molar-refractivity contribution < 1.29 is 19.1 Å². The average molecular weight is 313 g/mol. The van der Waals surface area contributed by atoms with Gasteiger partial charge in [-0.3, -0.25) is 20.2 Å². The third kappa shape index (κ3) is 1.86. The fourth-order valence-corrected chi connectivity index (χ4v) is 2.06. The van der Waals surface area contributed by atoms with E-state index in [9.17, 15) is 14.4 Å². The van der Waals surface area contributed by atoms with Gasteiger partial charge in [-0.15, -0.1) is 0 Å². The van der Waals surface area contributed by atoms with Crippen LogP contribution in [0.4, 0.5) is 4.79 Å². The molecule has 0 aliphatic carbocycles. The summed E-state index contributed by atoms with van der Waals surface area (Å²) >= 11 is 3.09. The summed E-state index contributed by atoms with van der Waals surface area (Å²) < 4.78 is 3.39. The van der Waals surface area contributed by atoms with Gasteiger partial charge in [-0.1, -0.05) is 28.1 Å². The van der Waals surface area contributed by atoms with Gasteiger partial charge in [0, 0.05) is 0 Å². The van der Waals surface area contributed by atoms with Crippen LogP contribution in [0.1, 0.15) is 5.56 Å². The van der Waals surface area contributed by atoms with Crippen LogP contribution in [0.2, 0.25) is 0 Å². The molecular weight excluding hydrogens is 304 g/mol. The fraction of sp³-hybridized carbons (Fsp3) is 0.182. The van der Waals surface area contributed by atoms with Gasteiger partial charge in [-0.05, 0) is 17.7 Å². The number of hydrogen-bond donors (Lipinski definition) is 2. The smallest absolute Gasteiger partial charge is 0.328 e. The molecule has 2 N–H and O–H groups in total. The molecule has 4 amide bonds. The van der Waals surface area contributed by atoms with Crippen LogP contribution in [0.5, 0.6) is 5.75 Å². The molecule has 1 aliphatic rings. The van der Waals surface area contributed by atoms with E-state index in [1.807, 2.05) is 10.6 Å². The van der Waals surface area contributed by atoms with Crippen molar-refractivity contribution in [3.63, 3.8) is 0 Å². The van der Waals surface area contributed by atoms with Crippen molar-refractivity contribution in [2.45, 2.75) is 4.32 Å². The number of rotatable bonds is 2. The number of carbonyl (C=O) groups excluding carboxylic acids is 3. The van der Waals surface area contributed by atoms with Crippen LogP contribution in [-0.4, -0.2) is 25.0 Å². The SMILES string of the molecule is COc1ccc(C2(Br)C(=O)NC(=O)NC2=O)cc1. The van der Waals surface area contributed by atoms with Crippen molar-refractivity contribution in [2.24, 2.45) is 0 Å². The van der Waals surface area contributed by atoms with E-state index in [-0.39, 0.29) is 0 Å². The van der Waals surface area contributed by atoms with E-state index in [1.165, 1.54) is 7.11 Å². The summed E-state index contributed by atoms with van der Waals surface area (Å²) in [5, 5.41) is 4.08. The number of nitrogens with one attached hydrogen (secondary N) is 2. The molecule has 0 spiro atoms. The molecule has 0 unspecified atom stereocenters. The molecular formula is C11H9BrN2O4. The number of urea groups is 1. The lowest BCUT2D eigenvalue weighted by molar-refractivity contribution is -0.133. The van der Waals surface area contributed by atoms with Crippen molar-refractivity contribution >= 4 is 33.8 Å². The summed E-state index contributed by atoms with van der Waals surface area (Å²) in [5.74, 6) is -0.842. The molecule has 94 valence electrons. The molecule has 0 atom stereocenters. The number of methoxy groups -OCH3 is 1. The van der Waals surface area contributed by atoms with Crippen molar-refractivity contribution in [1.29, 1.82) is 0 Å². The lowest BCUT2D eigenvalue weighted by Crippen LogP contribution is -2.62. The second-order valence-corrected chi connectivity index (χ2v) is 4.81. The second kappa shape index (κ2) is 4.41. The maximum Gasteiger partial charge on any atom is 0.328 e. The molecule has 1 saturated heterocycles. The third-order valence-electron chi connectivity index (χ3n) is 2.57. The van der Waals surface area contributed by atoms with E-state index in [4.69, 9.17) is 4.74 Å². The summed E-state index contributed by atoms with van der Waals surface area (Å²) in [6.07, 6.45) is 0. The topological polar surface area (TPSA) is 84.5 Å². The first-order valence-electron chi connectivity index (χ1n) is 4.99. The van der Waals surface area contributed by atoms with E-state index in [1.54, 1.807) is 24.3 Å². The summed E-state index contributed by atoms with van der Waals surface area (Å²) in [6.45, 7) is 0. The molecule has 6 nitrogen and oxygen atoms in total. The zero-order valence-corrected chi connectivity index (χ0v) is 10.9. The predicted octanol–water partition coefficient (Wildman–Crippen LogP) is 0.651. The standard InChI is InChI=1S/C11H9BrN2O4/c1-18-7-4-2-6(3-5-7)11(12)8(15)13-10(17)14-9(11)16/h2-5H,1H3,(H2,13,14,15,16,17). The molecule has 18 heavy (non-hydrogen) atoms. The molecule has 1 heterocycles. The normalized spacial score (nSPS) is 18.0. The first kappa shape index (κ1) is 12.6. The summed E-state index contributed by atoms with van der Waals surface area (Å²) in [7, 11) is 1.51. The van der Waals surface area contributed by atoms with E-state index in [0.717, 1.165) is 0 Å². The van der Waals surface area contributed by atoms with Crippen LogP contribution >= 0.6 is 15.9 Å². The minimum absolute atomic E-state index is 0.408. The van der Waals surface area contributed by atoms with E-state index < -0.39 is 22.2 Å². The number of carbonyl (C=O) groups is 3. The Bertz CT molecular complexity index is 506. The third-order valence-corrected chi connectivity index (χ3v) is 3.75. The minimum Gasteiger partial charge on any atom is -0.497 e. The van der Waals surface area contributed by atoms with Crippen LogP contribution in [0.3, 0.4) is 0 Å². The fourth-order valence-electron chi connectivity index (χ4n) is 1.60. The maximum atomic E-state index is 11.8. The molecule has 0 saturated carbocycles. The van der Waals surface area contributed by atoms with Gasteiger partial charge >= 0.3 is 6.03 Å². The van der Waals surface area contributed by atoms with Gasteiger partial charge in [0.15, 0.2) is 0 Å². The van der Waals surface area contributed by atoms with E-state index >= 15 is 0 Å². The van der Waals surface area contributed by atoms with Gasteiger partial charge in [0.1, 0.15) is 5.75 Å². The number of benzene rings is 1. The highest BCUT2D eigenvalue weighted by atomic mass is 79.9. The molecule has 1 aromatic rings. The Morgan fingerprint density at radius 3 is 2.00 bits per heavy atom. The summed E-state index contributed by atoms with van der Waals surface area (Å²) in [5.41, 5.74) is 0.408. The molecule has 1 fully saturated rings. The first-order chi connectivity index (χ1) is 8.48. The predicted molar refractivity (Wildman–Crippen MR) is 65.3 cm³/mol. The Balaban J connectivity index is 2.42. The van der Waals surface area contributed by atoms with Crippen molar-refractivity contribution in [3.8, 4) is 5.75 Å². The van der Waals surface area contributed by atoms with E-state index in [2.05, 4.69) is 15.9 Å². The highest BCUT2D eigenvalue weighted by Gasteiger charge is 2.49. The molecule has 0 aromatic heterocycles. The van der Waals surface area contributed by atoms with Crippen LogP contribution in [0.25, 0.3) is 0 Å². The number of amides is 4. The molecule has 1 aromatic carbocycles. The van der Waals surface area contributed by atoms with Gasteiger partial charge in [-0.2, -0.15) is 0 Å². The highest BCUT2D eigenvalue weighted by molar-refractivity contribution is 9.10. The van der Waals surface area contributed by atoms with E-state index in [0.29, 0.717) is 11.3 Å². The van der Waals surface area contributed by atoms with Crippen LogP contribution in [0.15, 0.2) is 24.3 Å². The molecule has 2 rings (SSSR count). The number of ether oxygens (including phenoxy) is 1. The molecule has 0 radical (unpaired) electrons. The lowest BCUT2D eigenvalue weighted by atomic mass is 9.95. The van der Waals surface area contributed by atoms with Crippen molar-refractivity contribution in [1.82, 2.24) is 10.6 Å². The van der Waals surface area contributed by atoms with Crippen molar-refractivity contribution in [2.75, 3.05) is 7.11 Å². The Hall–Kier alpha value is -1.89. The number of alkyl halides is 1. The molecule has 1 aliphatic heterocycles. The van der Waals surface area contributed by atoms with Gasteiger partial charge in [0.05, 0.1) is 7.11 Å². The van der Waals surface area contributed by atoms with Gasteiger partial charge in [0.25, 0.3) is 11.8 Å². The zero-order chi connectivity index (χ0) is 13.3. The van der Waals surface area contributed by atoms with Crippen LogP contribution in [0, 0.1) is 0 Å². The Morgan fingerprint density at radius 2 is 1.56 bits per heavy atom. The van der Waals surface area contributed by atoms with Crippen molar-refractivity contribution in [3.05, 3.63) is 29.8 Å². The summed E-state index contributed by atoms with van der Waals surface area (Å²) in [6, 6.07) is 5.56.